The minimum absolute atomic E-state index is 0.0121. The fourth-order valence-electron chi connectivity index (χ4n) is 1.99. The van der Waals surface area contributed by atoms with Gasteiger partial charge in [-0.3, -0.25) is 18.7 Å². The summed E-state index contributed by atoms with van der Waals surface area (Å²) < 4.78 is 2.98. The van der Waals surface area contributed by atoms with Crippen molar-refractivity contribution in [2.24, 2.45) is 7.05 Å². The predicted molar refractivity (Wildman–Crippen MR) is 77.4 cm³/mol. The van der Waals surface area contributed by atoms with E-state index in [1.54, 1.807) is 42.3 Å². The molecule has 0 radical (unpaired) electrons. The van der Waals surface area contributed by atoms with Crippen LogP contribution in [-0.2, 0) is 7.05 Å². The lowest BCUT2D eigenvalue weighted by molar-refractivity contribution is 0.102. The first kappa shape index (κ1) is 13.0. The molecule has 0 spiro atoms. The molecule has 21 heavy (non-hydrogen) atoms. The van der Waals surface area contributed by atoms with Crippen molar-refractivity contribution in [3.05, 3.63) is 58.4 Å². The molecule has 3 heterocycles. The number of fused-ring (bicyclic) bond motifs is 1. The maximum atomic E-state index is 12.3. The molecule has 3 aromatic heterocycles. The zero-order valence-electron chi connectivity index (χ0n) is 11.6. The van der Waals surface area contributed by atoms with E-state index >= 15 is 0 Å². The Kier molecular flexibility index (Phi) is 3.02. The molecular weight excluding hydrogens is 270 g/mol. The molecule has 1 N–H and O–H groups in total. The summed E-state index contributed by atoms with van der Waals surface area (Å²) in [4.78, 5) is 28.6. The van der Waals surface area contributed by atoms with Crippen molar-refractivity contribution in [1.82, 2.24) is 19.2 Å². The van der Waals surface area contributed by atoms with Gasteiger partial charge in [-0.15, -0.1) is 0 Å². The van der Waals surface area contributed by atoms with Crippen molar-refractivity contribution in [2.45, 2.75) is 6.92 Å². The molecule has 0 unspecified atom stereocenters. The van der Waals surface area contributed by atoms with E-state index in [2.05, 4.69) is 15.4 Å². The number of hydrogen-bond acceptors (Lipinski definition) is 4. The monoisotopic (exact) mass is 283 g/mol. The Hall–Kier alpha value is -2.96. The summed E-state index contributed by atoms with van der Waals surface area (Å²) in [5.41, 5.74) is 1.45. The van der Waals surface area contributed by atoms with Gasteiger partial charge in [0.05, 0.1) is 17.6 Å². The van der Waals surface area contributed by atoms with Crippen LogP contribution in [0.15, 0.2) is 41.6 Å². The normalized spacial score (nSPS) is 10.8. The molecule has 7 heteroatoms. The first-order chi connectivity index (χ1) is 10.1. The molecule has 0 aliphatic rings. The van der Waals surface area contributed by atoms with Gasteiger partial charge in [0.2, 0.25) is 0 Å². The van der Waals surface area contributed by atoms with Crippen molar-refractivity contribution in [3.63, 3.8) is 0 Å². The van der Waals surface area contributed by atoms with E-state index in [1.807, 2.05) is 6.92 Å². The number of nitrogens with one attached hydrogen (secondary N) is 1. The van der Waals surface area contributed by atoms with Gasteiger partial charge < -0.3 is 5.32 Å². The summed E-state index contributed by atoms with van der Waals surface area (Å²) in [7, 11) is 1.78. The minimum atomic E-state index is -0.498. The van der Waals surface area contributed by atoms with Crippen molar-refractivity contribution in [3.8, 4) is 0 Å². The van der Waals surface area contributed by atoms with Gasteiger partial charge in [0.25, 0.3) is 11.5 Å². The smallest absolute Gasteiger partial charge is 0.270 e. The zero-order valence-corrected chi connectivity index (χ0v) is 11.6. The van der Waals surface area contributed by atoms with Crippen LogP contribution < -0.4 is 10.9 Å². The number of aromatic nitrogens is 4. The van der Waals surface area contributed by atoms with Gasteiger partial charge in [-0.2, -0.15) is 5.10 Å². The molecule has 0 atom stereocenters. The largest absolute Gasteiger partial charge is 0.319 e. The van der Waals surface area contributed by atoms with Crippen LogP contribution in [0.2, 0.25) is 0 Å². The lowest BCUT2D eigenvalue weighted by Gasteiger charge is -2.05. The standard InChI is InChI=1S/C14H13N5O2/c1-9-11(8-16-18(9)2)17-13(20)10-7-15-12-5-3-4-6-19(12)14(10)21/h3-8H,1-2H3,(H,17,20). The van der Waals surface area contributed by atoms with Gasteiger partial charge in [-0.25, -0.2) is 4.98 Å². The average Bonchev–Trinajstić information content (AvgIpc) is 2.80. The van der Waals surface area contributed by atoms with E-state index in [4.69, 9.17) is 0 Å². The molecule has 7 nitrogen and oxygen atoms in total. The Morgan fingerprint density at radius 2 is 2.10 bits per heavy atom. The molecule has 1 amide bonds. The highest BCUT2D eigenvalue weighted by atomic mass is 16.2. The van der Waals surface area contributed by atoms with Gasteiger partial charge in [0, 0.05) is 19.4 Å². The molecule has 3 aromatic rings. The molecule has 0 fully saturated rings. The quantitative estimate of drug-likeness (QED) is 0.760. The number of nitrogens with zero attached hydrogens (tertiary/aromatic N) is 4. The molecule has 0 bridgehead atoms. The van der Waals surface area contributed by atoms with Crippen LogP contribution in [0.5, 0.6) is 0 Å². The van der Waals surface area contributed by atoms with Crippen LogP contribution in [0.4, 0.5) is 5.69 Å². The average molecular weight is 283 g/mol. The number of hydrogen-bond donors (Lipinski definition) is 1. The van der Waals surface area contributed by atoms with Crippen LogP contribution in [0.1, 0.15) is 16.1 Å². The van der Waals surface area contributed by atoms with E-state index in [1.165, 1.54) is 10.6 Å². The minimum Gasteiger partial charge on any atom is -0.319 e. The topological polar surface area (TPSA) is 81.3 Å². The summed E-state index contributed by atoms with van der Waals surface area (Å²) in [5.74, 6) is -0.498. The summed E-state index contributed by atoms with van der Waals surface area (Å²) >= 11 is 0. The first-order valence-corrected chi connectivity index (χ1v) is 6.34. The number of carbonyl (C=O) groups excluding carboxylic acids is 1. The first-order valence-electron chi connectivity index (χ1n) is 6.34. The summed E-state index contributed by atoms with van der Waals surface area (Å²) in [5, 5.41) is 6.72. The van der Waals surface area contributed by atoms with Gasteiger partial charge in [-0.1, -0.05) is 6.07 Å². The van der Waals surface area contributed by atoms with Crippen molar-refractivity contribution < 1.29 is 4.79 Å². The Labute approximate surface area is 119 Å². The Morgan fingerprint density at radius 1 is 1.29 bits per heavy atom. The van der Waals surface area contributed by atoms with E-state index in [9.17, 15) is 9.59 Å². The molecule has 0 saturated carbocycles. The molecule has 106 valence electrons. The van der Waals surface area contributed by atoms with E-state index in [-0.39, 0.29) is 5.56 Å². The van der Waals surface area contributed by atoms with Gasteiger partial charge in [0.1, 0.15) is 11.2 Å². The van der Waals surface area contributed by atoms with Gasteiger partial charge >= 0.3 is 0 Å². The fourth-order valence-corrected chi connectivity index (χ4v) is 1.99. The Bertz CT molecular complexity index is 894. The van der Waals surface area contributed by atoms with Crippen LogP contribution in [0.25, 0.3) is 5.65 Å². The zero-order chi connectivity index (χ0) is 15.0. The molecule has 0 aromatic carbocycles. The van der Waals surface area contributed by atoms with Crippen LogP contribution >= 0.6 is 0 Å². The van der Waals surface area contributed by atoms with E-state index in [0.717, 1.165) is 5.69 Å². The molecule has 3 rings (SSSR count). The number of anilines is 1. The summed E-state index contributed by atoms with van der Waals surface area (Å²) in [6.07, 6.45) is 4.41. The number of aryl methyl sites for hydroxylation is 1. The molecule has 0 aliphatic carbocycles. The van der Waals surface area contributed by atoms with Crippen LogP contribution in [0.3, 0.4) is 0 Å². The second kappa shape index (κ2) is 4.86. The Balaban J connectivity index is 2.00. The van der Waals surface area contributed by atoms with Crippen molar-refractivity contribution in [1.29, 1.82) is 0 Å². The van der Waals surface area contributed by atoms with Crippen LogP contribution in [0, 0.1) is 6.92 Å². The molecule has 0 saturated heterocycles. The summed E-state index contributed by atoms with van der Waals surface area (Å²) in [6.45, 7) is 1.83. The van der Waals surface area contributed by atoms with Crippen LogP contribution in [-0.4, -0.2) is 25.1 Å². The third-order valence-corrected chi connectivity index (χ3v) is 3.34. The van der Waals surface area contributed by atoms with Gasteiger partial charge in [-0.05, 0) is 19.1 Å². The summed E-state index contributed by atoms with van der Waals surface area (Å²) in [6, 6.07) is 5.19. The van der Waals surface area contributed by atoms with Crippen molar-refractivity contribution >= 4 is 17.2 Å². The second-order valence-electron chi connectivity index (χ2n) is 4.63. The number of carbonyl (C=O) groups is 1. The molecule has 0 aliphatic heterocycles. The lowest BCUT2D eigenvalue weighted by Crippen LogP contribution is -2.26. The second-order valence-corrected chi connectivity index (χ2v) is 4.63. The molecular formula is C14H13N5O2. The highest BCUT2D eigenvalue weighted by molar-refractivity contribution is 6.04. The van der Waals surface area contributed by atoms with Gasteiger partial charge in [0.15, 0.2) is 0 Å². The SMILES string of the molecule is Cc1c(NC(=O)c2cnc3ccccn3c2=O)cnn1C. The maximum absolute atomic E-state index is 12.3. The maximum Gasteiger partial charge on any atom is 0.270 e. The number of pyridine rings is 1. The van der Waals surface area contributed by atoms with E-state index in [0.29, 0.717) is 11.3 Å². The lowest BCUT2D eigenvalue weighted by atomic mass is 10.3. The van der Waals surface area contributed by atoms with E-state index < -0.39 is 11.5 Å². The third-order valence-electron chi connectivity index (χ3n) is 3.34. The fraction of sp³-hybridized carbons (Fsp3) is 0.143. The highest BCUT2D eigenvalue weighted by Crippen LogP contribution is 2.12. The third kappa shape index (κ3) is 2.18. The predicted octanol–water partition coefficient (Wildman–Crippen LogP) is 0.989. The number of rotatable bonds is 2. The van der Waals surface area contributed by atoms with Crippen molar-refractivity contribution in [2.75, 3.05) is 5.32 Å². The number of amides is 1. The Morgan fingerprint density at radius 3 is 2.81 bits per heavy atom. The highest BCUT2D eigenvalue weighted by Gasteiger charge is 2.15.